The number of sulfonamides is 1. The summed E-state index contributed by atoms with van der Waals surface area (Å²) in [7, 11) is -3.20. The van der Waals surface area contributed by atoms with Gasteiger partial charge in [-0.05, 0) is 12.5 Å². The van der Waals surface area contributed by atoms with Gasteiger partial charge < -0.3 is 4.90 Å². The Bertz CT molecular complexity index is 563. The quantitative estimate of drug-likeness (QED) is 0.827. The van der Waals surface area contributed by atoms with Gasteiger partial charge in [-0.3, -0.25) is 5.32 Å². The van der Waals surface area contributed by atoms with Crippen LogP contribution in [0.3, 0.4) is 0 Å². The highest BCUT2D eigenvalue weighted by Gasteiger charge is 2.23. The Kier molecular flexibility index (Phi) is 4.50. The van der Waals surface area contributed by atoms with Gasteiger partial charge in [0.25, 0.3) is 0 Å². The van der Waals surface area contributed by atoms with Crippen molar-refractivity contribution in [3.8, 4) is 0 Å². The molecule has 8 nitrogen and oxygen atoms in total. The molecule has 0 spiro atoms. The molecule has 9 heteroatoms. The molecule has 1 aromatic rings. The van der Waals surface area contributed by atoms with Gasteiger partial charge in [0.05, 0.1) is 6.26 Å². The normalized spacial score (nSPS) is 17.6. The summed E-state index contributed by atoms with van der Waals surface area (Å²) >= 11 is 0. The summed E-state index contributed by atoms with van der Waals surface area (Å²) in [6.45, 7) is 1.64. The smallest absolute Gasteiger partial charge is 0.323 e. The van der Waals surface area contributed by atoms with Crippen LogP contribution in [0.5, 0.6) is 0 Å². The van der Waals surface area contributed by atoms with E-state index in [1.165, 1.54) is 23.1 Å². The molecule has 1 fully saturated rings. The number of aromatic nitrogens is 2. The number of amides is 2. The van der Waals surface area contributed by atoms with Crippen molar-refractivity contribution in [2.75, 3.05) is 37.8 Å². The summed E-state index contributed by atoms with van der Waals surface area (Å²) in [6, 6.07) is 1.32. The van der Waals surface area contributed by atoms with Crippen molar-refractivity contribution in [3.63, 3.8) is 0 Å². The second kappa shape index (κ2) is 6.14. The maximum atomic E-state index is 12.1. The summed E-state index contributed by atoms with van der Waals surface area (Å²) in [5.74, 6) is 0.425. The predicted octanol–water partition coefficient (Wildman–Crippen LogP) is -0.0242. The van der Waals surface area contributed by atoms with E-state index in [1.807, 2.05) is 0 Å². The van der Waals surface area contributed by atoms with E-state index in [4.69, 9.17) is 0 Å². The minimum Gasteiger partial charge on any atom is -0.323 e. The molecular weight excluding hydrogens is 282 g/mol. The molecule has 1 saturated heterocycles. The van der Waals surface area contributed by atoms with Crippen molar-refractivity contribution in [1.82, 2.24) is 19.2 Å². The zero-order chi connectivity index (χ0) is 14.6. The highest BCUT2D eigenvalue weighted by Crippen LogP contribution is 2.09. The minimum atomic E-state index is -3.20. The second-order valence-electron chi connectivity index (χ2n) is 4.53. The number of nitrogens with one attached hydrogen (secondary N) is 1. The molecule has 0 aromatic carbocycles. The number of hydrogen-bond donors (Lipinski definition) is 1. The highest BCUT2D eigenvalue weighted by atomic mass is 32.2. The summed E-state index contributed by atoms with van der Waals surface area (Å²) < 4.78 is 24.4. The number of anilines is 1. The Labute approximate surface area is 117 Å². The molecule has 1 aromatic heterocycles. The van der Waals surface area contributed by atoms with E-state index in [0.717, 1.165) is 0 Å². The van der Waals surface area contributed by atoms with E-state index in [1.54, 1.807) is 11.0 Å². The number of carbonyl (C=O) groups excluding carboxylic acids is 1. The van der Waals surface area contributed by atoms with E-state index < -0.39 is 10.0 Å². The number of carbonyl (C=O) groups is 1. The maximum Gasteiger partial charge on any atom is 0.323 e. The third kappa shape index (κ3) is 3.87. The molecule has 20 heavy (non-hydrogen) atoms. The molecule has 2 amide bonds. The van der Waals surface area contributed by atoms with Crippen LogP contribution in [0.25, 0.3) is 0 Å². The Hall–Kier alpha value is -1.74. The number of rotatable bonds is 2. The molecular formula is C11H17N5O3S. The Morgan fingerprint density at radius 3 is 2.75 bits per heavy atom. The first kappa shape index (κ1) is 14.7. The first-order valence-corrected chi connectivity index (χ1v) is 8.09. The van der Waals surface area contributed by atoms with Gasteiger partial charge >= 0.3 is 6.03 Å². The lowest BCUT2D eigenvalue weighted by Gasteiger charge is -2.21. The van der Waals surface area contributed by atoms with Crippen LogP contribution in [0.1, 0.15) is 6.42 Å². The third-order valence-electron chi connectivity index (χ3n) is 3.03. The van der Waals surface area contributed by atoms with E-state index >= 15 is 0 Å². The van der Waals surface area contributed by atoms with Crippen molar-refractivity contribution in [2.45, 2.75) is 6.42 Å². The van der Waals surface area contributed by atoms with Gasteiger partial charge in [0.1, 0.15) is 12.1 Å². The van der Waals surface area contributed by atoms with E-state index in [9.17, 15) is 13.2 Å². The van der Waals surface area contributed by atoms with E-state index in [2.05, 4.69) is 15.3 Å². The topological polar surface area (TPSA) is 95.5 Å². The summed E-state index contributed by atoms with van der Waals surface area (Å²) in [5, 5.41) is 2.66. The Morgan fingerprint density at radius 2 is 2.10 bits per heavy atom. The van der Waals surface area contributed by atoms with Crippen LogP contribution < -0.4 is 5.32 Å². The van der Waals surface area contributed by atoms with Gasteiger partial charge in [-0.1, -0.05) is 0 Å². The minimum absolute atomic E-state index is 0.279. The molecule has 2 rings (SSSR count). The predicted molar refractivity (Wildman–Crippen MR) is 73.7 cm³/mol. The molecule has 0 unspecified atom stereocenters. The standard InChI is InChI=1S/C11H17N5O3S/c1-20(18,19)16-6-2-5-15(7-8-16)11(17)14-10-3-4-12-9-13-10/h3-4,9H,2,5-8H2,1H3,(H,12,13,14,17). The zero-order valence-corrected chi connectivity index (χ0v) is 12.0. The van der Waals surface area contributed by atoms with Crippen molar-refractivity contribution >= 4 is 21.9 Å². The molecule has 0 radical (unpaired) electrons. The van der Waals surface area contributed by atoms with Crippen LogP contribution in [-0.2, 0) is 10.0 Å². The maximum absolute atomic E-state index is 12.1. The SMILES string of the molecule is CS(=O)(=O)N1CCCN(C(=O)Nc2ccncn2)CC1. The molecule has 1 aliphatic rings. The van der Waals surface area contributed by atoms with Crippen LogP contribution in [0.2, 0.25) is 0 Å². The van der Waals surface area contributed by atoms with Crippen molar-refractivity contribution in [3.05, 3.63) is 18.6 Å². The highest BCUT2D eigenvalue weighted by molar-refractivity contribution is 7.88. The van der Waals surface area contributed by atoms with Crippen molar-refractivity contribution in [2.24, 2.45) is 0 Å². The molecule has 110 valence electrons. The van der Waals surface area contributed by atoms with Crippen LogP contribution in [0, 0.1) is 0 Å². The molecule has 1 N–H and O–H groups in total. The third-order valence-corrected chi connectivity index (χ3v) is 4.33. The van der Waals surface area contributed by atoms with Crippen molar-refractivity contribution in [1.29, 1.82) is 0 Å². The molecule has 0 atom stereocenters. The molecule has 2 heterocycles. The molecule has 1 aliphatic heterocycles. The molecule has 0 aliphatic carbocycles. The fraction of sp³-hybridized carbons (Fsp3) is 0.545. The Balaban J connectivity index is 1.95. The zero-order valence-electron chi connectivity index (χ0n) is 11.2. The second-order valence-corrected chi connectivity index (χ2v) is 6.51. The summed E-state index contributed by atoms with van der Waals surface area (Å²) in [4.78, 5) is 21.3. The van der Waals surface area contributed by atoms with Crippen molar-refractivity contribution < 1.29 is 13.2 Å². The fourth-order valence-corrected chi connectivity index (χ4v) is 2.86. The van der Waals surface area contributed by atoms with Gasteiger partial charge in [-0.25, -0.2) is 27.5 Å². The van der Waals surface area contributed by atoms with Gasteiger partial charge in [0.2, 0.25) is 10.0 Å². The van der Waals surface area contributed by atoms with Gasteiger partial charge in [0.15, 0.2) is 0 Å². The fourth-order valence-electron chi connectivity index (χ4n) is 1.98. The summed E-state index contributed by atoms with van der Waals surface area (Å²) in [5.41, 5.74) is 0. The first-order valence-electron chi connectivity index (χ1n) is 6.24. The van der Waals surface area contributed by atoms with Gasteiger partial charge in [0, 0.05) is 32.4 Å². The lowest BCUT2D eigenvalue weighted by Crippen LogP contribution is -2.39. The van der Waals surface area contributed by atoms with E-state index in [0.29, 0.717) is 38.4 Å². The molecule has 0 saturated carbocycles. The number of urea groups is 1. The monoisotopic (exact) mass is 299 g/mol. The summed E-state index contributed by atoms with van der Waals surface area (Å²) in [6.07, 6.45) is 4.69. The average Bonchev–Trinajstić information content (AvgIpc) is 2.65. The van der Waals surface area contributed by atoms with Gasteiger partial charge in [-0.2, -0.15) is 0 Å². The number of hydrogen-bond acceptors (Lipinski definition) is 5. The molecule has 0 bridgehead atoms. The van der Waals surface area contributed by atoms with Gasteiger partial charge in [-0.15, -0.1) is 0 Å². The lowest BCUT2D eigenvalue weighted by molar-refractivity contribution is 0.214. The van der Waals surface area contributed by atoms with E-state index in [-0.39, 0.29) is 6.03 Å². The Morgan fingerprint density at radius 1 is 1.30 bits per heavy atom. The van der Waals surface area contributed by atoms with Crippen LogP contribution in [-0.4, -0.2) is 66.1 Å². The van der Waals surface area contributed by atoms with Crippen LogP contribution in [0.15, 0.2) is 18.6 Å². The van der Waals surface area contributed by atoms with Crippen LogP contribution in [0.4, 0.5) is 10.6 Å². The first-order chi connectivity index (χ1) is 9.47. The average molecular weight is 299 g/mol. The van der Waals surface area contributed by atoms with Crippen LogP contribution >= 0.6 is 0 Å². The largest absolute Gasteiger partial charge is 0.323 e. The number of nitrogens with zero attached hydrogens (tertiary/aromatic N) is 4. The lowest BCUT2D eigenvalue weighted by atomic mass is 10.4.